The number of morpholine rings is 1. The van der Waals surface area contributed by atoms with Gasteiger partial charge < -0.3 is 14.4 Å². The normalized spacial score (nSPS) is 20.5. The van der Waals surface area contributed by atoms with Crippen molar-refractivity contribution in [3.63, 3.8) is 0 Å². The van der Waals surface area contributed by atoms with Crippen LogP contribution in [0.15, 0.2) is 18.2 Å². The second-order valence-corrected chi connectivity index (χ2v) is 5.98. The Morgan fingerprint density at radius 3 is 2.52 bits per heavy atom. The SMILES string of the molecule is COc1ccc(N2CCC(N3CCOCC3)CC2)cc1[N+](=O)[O-]. The van der Waals surface area contributed by atoms with Crippen LogP contribution in [0.1, 0.15) is 12.8 Å². The number of hydrogen-bond donors (Lipinski definition) is 0. The summed E-state index contributed by atoms with van der Waals surface area (Å²) in [5.41, 5.74) is 0.929. The van der Waals surface area contributed by atoms with Gasteiger partial charge in [0, 0.05) is 44.0 Å². The molecule has 7 heteroatoms. The molecule has 0 amide bonds. The number of piperidine rings is 1. The number of rotatable bonds is 4. The van der Waals surface area contributed by atoms with E-state index < -0.39 is 0 Å². The number of nitrogens with zero attached hydrogens (tertiary/aromatic N) is 3. The fourth-order valence-corrected chi connectivity index (χ4v) is 3.45. The smallest absolute Gasteiger partial charge is 0.312 e. The third-order valence-corrected chi connectivity index (χ3v) is 4.75. The van der Waals surface area contributed by atoms with Gasteiger partial charge in [-0.1, -0.05) is 0 Å². The van der Waals surface area contributed by atoms with Gasteiger partial charge >= 0.3 is 5.69 Å². The topological polar surface area (TPSA) is 68.1 Å². The molecule has 0 spiro atoms. The molecule has 0 saturated carbocycles. The highest BCUT2D eigenvalue weighted by Crippen LogP contribution is 2.32. The average molecular weight is 321 g/mol. The molecule has 7 nitrogen and oxygen atoms in total. The summed E-state index contributed by atoms with van der Waals surface area (Å²) in [5, 5.41) is 11.2. The Balaban J connectivity index is 1.65. The molecule has 0 aliphatic carbocycles. The molecule has 0 aromatic heterocycles. The maximum absolute atomic E-state index is 11.2. The quantitative estimate of drug-likeness (QED) is 0.623. The van der Waals surface area contributed by atoms with Gasteiger partial charge in [0.15, 0.2) is 5.75 Å². The van der Waals surface area contributed by atoms with E-state index in [9.17, 15) is 10.1 Å². The Hall–Kier alpha value is -1.86. The molecule has 0 unspecified atom stereocenters. The molecule has 2 fully saturated rings. The van der Waals surface area contributed by atoms with E-state index >= 15 is 0 Å². The molecule has 23 heavy (non-hydrogen) atoms. The minimum atomic E-state index is -0.386. The van der Waals surface area contributed by atoms with Crippen LogP contribution in [-0.4, -0.2) is 62.4 Å². The maximum Gasteiger partial charge on any atom is 0.312 e. The van der Waals surface area contributed by atoms with E-state index in [2.05, 4.69) is 9.80 Å². The number of benzene rings is 1. The minimum Gasteiger partial charge on any atom is -0.490 e. The van der Waals surface area contributed by atoms with Crippen LogP contribution in [0.3, 0.4) is 0 Å². The van der Waals surface area contributed by atoms with Crippen LogP contribution in [0.5, 0.6) is 5.75 Å². The van der Waals surface area contributed by atoms with E-state index in [1.165, 1.54) is 7.11 Å². The fourth-order valence-electron chi connectivity index (χ4n) is 3.45. The van der Waals surface area contributed by atoms with E-state index in [0.29, 0.717) is 11.8 Å². The largest absolute Gasteiger partial charge is 0.490 e. The molecule has 2 heterocycles. The van der Waals surface area contributed by atoms with Crippen molar-refractivity contribution >= 4 is 11.4 Å². The Labute approximate surface area is 135 Å². The number of nitro benzene ring substituents is 1. The molecule has 0 N–H and O–H groups in total. The molecule has 3 rings (SSSR count). The van der Waals surface area contributed by atoms with Crippen molar-refractivity contribution in [2.24, 2.45) is 0 Å². The number of methoxy groups -OCH3 is 1. The zero-order valence-electron chi connectivity index (χ0n) is 13.4. The maximum atomic E-state index is 11.2. The first-order chi connectivity index (χ1) is 11.2. The molecule has 126 valence electrons. The number of ether oxygens (including phenoxy) is 2. The van der Waals surface area contributed by atoms with Gasteiger partial charge in [0.25, 0.3) is 0 Å². The van der Waals surface area contributed by atoms with Crippen LogP contribution in [0.4, 0.5) is 11.4 Å². The molecule has 0 bridgehead atoms. The Morgan fingerprint density at radius 1 is 1.22 bits per heavy atom. The summed E-state index contributed by atoms with van der Waals surface area (Å²) < 4.78 is 10.5. The van der Waals surface area contributed by atoms with Crippen molar-refractivity contribution in [2.75, 3.05) is 51.4 Å². The van der Waals surface area contributed by atoms with E-state index in [1.54, 1.807) is 12.1 Å². The third-order valence-electron chi connectivity index (χ3n) is 4.75. The van der Waals surface area contributed by atoms with Crippen molar-refractivity contribution in [2.45, 2.75) is 18.9 Å². The Morgan fingerprint density at radius 2 is 1.91 bits per heavy atom. The lowest BCUT2D eigenvalue weighted by Crippen LogP contribution is -2.49. The van der Waals surface area contributed by atoms with Crippen molar-refractivity contribution in [1.29, 1.82) is 0 Å². The van der Waals surface area contributed by atoms with Crippen LogP contribution >= 0.6 is 0 Å². The van der Waals surface area contributed by atoms with Gasteiger partial charge in [-0.2, -0.15) is 0 Å². The summed E-state index contributed by atoms with van der Waals surface area (Å²) in [7, 11) is 1.45. The summed E-state index contributed by atoms with van der Waals surface area (Å²) >= 11 is 0. The first-order valence-electron chi connectivity index (χ1n) is 8.08. The lowest BCUT2D eigenvalue weighted by molar-refractivity contribution is -0.385. The zero-order chi connectivity index (χ0) is 16.2. The standard InChI is InChI=1S/C16H23N3O4/c1-22-16-3-2-14(12-15(16)19(20)21)17-6-4-13(5-7-17)18-8-10-23-11-9-18/h2-3,12-13H,4-11H2,1H3. The Bertz CT molecular complexity index is 552. The van der Waals surface area contributed by atoms with Crippen molar-refractivity contribution < 1.29 is 14.4 Å². The van der Waals surface area contributed by atoms with Gasteiger partial charge in [-0.3, -0.25) is 15.0 Å². The molecule has 2 saturated heterocycles. The molecule has 2 aliphatic rings. The first kappa shape index (κ1) is 16.0. The van der Waals surface area contributed by atoms with Crippen LogP contribution in [0.2, 0.25) is 0 Å². The molecule has 0 atom stereocenters. The van der Waals surface area contributed by atoms with E-state index in [-0.39, 0.29) is 10.6 Å². The lowest BCUT2D eigenvalue weighted by atomic mass is 10.0. The fraction of sp³-hybridized carbons (Fsp3) is 0.625. The summed E-state index contributed by atoms with van der Waals surface area (Å²) in [4.78, 5) is 15.5. The second-order valence-electron chi connectivity index (χ2n) is 5.98. The first-order valence-corrected chi connectivity index (χ1v) is 8.08. The van der Waals surface area contributed by atoms with E-state index in [4.69, 9.17) is 9.47 Å². The predicted molar refractivity (Wildman–Crippen MR) is 87.3 cm³/mol. The highest BCUT2D eigenvalue weighted by atomic mass is 16.6. The summed E-state index contributed by atoms with van der Waals surface area (Å²) in [6.45, 7) is 5.52. The van der Waals surface area contributed by atoms with Gasteiger partial charge in [-0.15, -0.1) is 0 Å². The predicted octanol–water partition coefficient (Wildman–Crippen LogP) is 1.90. The minimum absolute atomic E-state index is 0.0281. The number of nitro groups is 1. The summed E-state index contributed by atoms with van der Waals surface area (Å²) in [6.07, 6.45) is 2.17. The van der Waals surface area contributed by atoms with Gasteiger partial charge in [-0.05, 0) is 25.0 Å². The molecular weight excluding hydrogens is 298 g/mol. The zero-order valence-corrected chi connectivity index (χ0v) is 13.4. The van der Waals surface area contributed by atoms with Gasteiger partial charge in [0.1, 0.15) is 0 Å². The number of anilines is 1. The molecule has 1 aromatic carbocycles. The second kappa shape index (κ2) is 7.14. The van der Waals surface area contributed by atoms with E-state index in [1.807, 2.05) is 6.07 Å². The van der Waals surface area contributed by atoms with Crippen molar-refractivity contribution in [1.82, 2.24) is 4.90 Å². The average Bonchev–Trinajstić information content (AvgIpc) is 2.62. The van der Waals surface area contributed by atoms with Gasteiger partial charge in [0.2, 0.25) is 0 Å². The molecule has 0 radical (unpaired) electrons. The monoisotopic (exact) mass is 321 g/mol. The highest BCUT2D eigenvalue weighted by molar-refractivity contribution is 5.60. The van der Waals surface area contributed by atoms with E-state index in [0.717, 1.165) is 57.9 Å². The van der Waals surface area contributed by atoms with Crippen LogP contribution < -0.4 is 9.64 Å². The van der Waals surface area contributed by atoms with Crippen molar-refractivity contribution in [3.05, 3.63) is 28.3 Å². The van der Waals surface area contributed by atoms with Crippen LogP contribution in [0, 0.1) is 10.1 Å². The van der Waals surface area contributed by atoms with Gasteiger partial charge in [-0.25, -0.2) is 0 Å². The highest BCUT2D eigenvalue weighted by Gasteiger charge is 2.27. The Kier molecular flexibility index (Phi) is 4.97. The summed E-state index contributed by atoms with van der Waals surface area (Å²) in [5.74, 6) is 0.307. The van der Waals surface area contributed by atoms with Crippen LogP contribution in [-0.2, 0) is 4.74 Å². The lowest BCUT2D eigenvalue weighted by Gasteiger charge is -2.40. The number of hydrogen-bond acceptors (Lipinski definition) is 6. The van der Waals surface area contributed by atoms with Crippen molar-refractivity contribution in [3.8, 4) is 5.75 Å². The molecular formula is C16H23N3O4. The molecule has 2 aliphatic heterocycles. The third kappa shape index (κ3) is 3.56. The summed E-state index contributed by atoms with van der Waals surface area (Å²) in [6, 6.07) is 5.81. The van der Waals surface area contributed by atoms with Gasteiger partial charge in [0.05, 0.1) is 25.2 Å². The van der Waals surface area contributed by atoms with Crippen LogP contribution in [0.25, 0.3) is 0 Å². The molecule has 1 aromatic rings.